The van der Waals surface area contributed by atoms with Crippen molar-refractivity contribution in [3.63, 3.8) is 0 Å². The fourth-order valence-electron chi connectivity index (χ4n) is 1.86. The van der Waals surface area contributed by atoms with E-state index in [0.29, 0.717) is 12.3 Å². The molecule has 6 nitrogen and oxygen atoms in total. The number of rotatable bonds is 7. The zero-order valence-electron chi connectivity index (χ0n) is 15.1. The van der Waals surface area contributed by atoms with Gasteiger partial charge < -0.3 is 9.47 Å². The van der Waals surface area contributed by atoms with E-state index in [4.69, 9.17) is 14.3 Å². The molecule has 0 unspecified atom stereocenters. The Kier molecular flexibility index (Phi) is 7.71. The molecule has 0 aliphatic rings. The molecular weight excluding hydrogens is 310 g/mol. The molecule has 134 valence electrons. The van der Waals surface area contributed by atoms with E-state index in [0.717, 1.165) is 17.9 Å². The summed E-state index contributed by atoms with van der Waals surface area (Å²) in [4.78, 5) is 30.3. The third-order valence-electron chi connectivity index (χ3n) is 2.90. The van der Waals surface area contributed by atoms with E-state index in [1.54, 1.807) is 52.0 Å². The first kappa shape index (κ1) is 20.0. The molecular formula is C18H27NO5. The van der Waals surface area contributed by atoms with Gasteiger partial charge in [-0.1, -0.05) is 25.5 Å². The lowest BCUT2D eigenvalue weighted by atomic mass is 10.1. The maximum atomic E-state index is 12.5. The molecule has 1 aromatic carbocycles. The minimum Gasteiger partial charge on any atom is -0.462 e. The monoisotopic (exact) mass is 337 g/mol. The van der Waals surface area contributed by atoms with Gasteiger partial charge >= 0.3 is 12.1 Å². The molecule has 0 saturated heterocycles. The Morgan fingerprint density at radius 1 is 1.12 bits per heavy atom. The van der Waals surface area contributed by atoms with Crippen LogP contribution >= 0.6 is 0 Å². The minimum atomic E-state index is -0.678. The molecule has 24 heavy (non-hydrogen) atoms. The minimum absolute atomic E-state index is 0.246. The molecule has 0 N–H and O–H groups in total. The van der Waals surface area contributed by atoms with Crippen LogP contribution in [0.25, 0.3) is 0 Å². The lowest BCUT2D eigenvalue weighted by Crippen LogP contribution is -2.38. The van der Waals surface area contributed by atoms with Crippen LogP contribution in [0.15, 0.2) is 24.3 Å². The fourth-order valence-corrected chi connectivity index (χ4v) is 1.86. The molecule has 0 atom stereocenters. The maximum absolute atomic E-state index is 12.5. The van der Waals surface area contributed by atoms with Crippen LogP contribution in [0.3, 0.4) is 0 Å². The van der Waals surface area contributed by atoms with E-state index in [2.05, 4.69) is 0 Å². The lowest BCUT2D eigenvalue weighted by molar-refractivity contribution is 0.0220. The Labute approximate surface area is 143 Å². The molecule has 0 aliphatic carbocycles. The van der Waals surface area contributed by atoms with E-state index >= 15 is 0 Å². The van der Waals surface area contributed by atoms with Crippen LogP contribution in [-0.2, 0) is 14.3 Å². The SMILES string of the molecule is CCCCON(C(=O)OC(C)(C)C)c1ccccc1C(=O)OCC. The molecule has 0 radical (unpaired) electrons. The van der Waals surface area contributed by atoms with Crippen LogP contribution in [0.1, 0.15) is 57.8 Å². The second kappa shape index (κ2) is 9.27. The first-order valence-electron chi connectivity index (χ1n) is 8.22. The molecule has 1 rings (SSSR count). The highest BCUT2D eigenvalue weighted by Crippen LogP contribution is 2.24. The summed E-state index contributed by atoms with van der Waals surface area (Å²) in [7, 11) is 0. The predicted molar refractivity (Wildman–Crippen MR) is 92.0 cm³/mol. The van der Waals surface area contributed by atoms with Gasteiger partial charge in [-0.15, -0.1) is 0 Å². The van der Waals surface area contributed by atoms with Gasteiger partial charge in [0, 0.05) is 0 Å². The molecule has 0 saturated carbocycles. The molecule has 1 aromatic rings. The highest BCUT2D eigenvalue weighted by Gasteiger charge is 2.28. The smallest absolute Gasteiger partial charge is 0.439 e. The maximum Gasteiger partial charge on any atom is 0.439 e. The molecule has 0 bridgehead atoms. The zero-order valence-corrected chi connectivity index (χ0v) is 15.1. The van der Waals surface area contributed by atoms with Gasteiger partial charge in [0.15, 0.2) is 0 Å². The second-order valence-electron chi connectivity index (χ2n) is 6.20. The number of carbonyl (C=O) groups is 2. The standard InChI is InChI=1S/C18H27NO5/c1-6-8-13-23-19(17(21)24-18(3,4)5)15-12-10-9-11-14(15)16(20)22-7-2/h9-12H,6-8,13H2,1-5H3. The van der Waals surface area contributed by atoms with E-state index in [1.165, 1.54) is 0 Å². The molecule has 0 heterocycles. The summed E-state index contributed by atoms with van der Waals surface area (Å²) in [5, 5.41) is 1.03. The van der Waals surface area contributed by atoms with Crippen molar-refractivity contribution in [3.05, 3.63) is 29.8 Å². The summed E-state index contributed by atoms with van der Waals surface area (Å²) in [5.74, 6) is -0.513. The van der Waals surface area contributed by atoms with E-state index < -0.39 is 17.7 Å². The summed E-state index contributed by atoms with van der Waals surface area (Å²) in [6.07, 6.45) is 1.03. The number of esters is 1. The predicted octanol–water partition coefficient (Wildman–Crippen LogP) is 4.34. The molecule has 0 aliphatic heterocycles. The van der Waals surface area contributed by atoms with Crippen molar-refractivity contribution in [3.8, 4) is 0 Å². The summed E-state index contributed by atoms with van der Waals surface area (Å²) >= 11 is 0. The van der Waals surface area contributed by atoms with Gasteiger partial charge in [-0.25, -0.2) is 9.59 Å². The Hall–Kier alpha value is -2.08. The molecule has 0 aromatic heterocycles. The average Bonchev–Trinajstić information content (AvgIpc) is 2.50. The number of hydrogen-bond acceptors (Lipinski definition) is 5. The van der Waals surface area contributed by atoms with Crippen LogP contribution < -0.4 is 5.06 Å². The van der Waals surface area contributed by atoms with E-state index in [1.807, 2.05) is 6.92 Å². The highest BCUT2D eigenvalue weighted by atomic mass is 16.7. The van der Waals surface area contributed by atoms with E-state index in [9.17, 15) is 9.59 Å². The number of carbonyl (C=O) groups excluding carboxylic acids is 2. The molecule has 6 heteroatoms. The topological polar surface area (TPSA) is 65.1 Å². The fraction of sp³-hybridized carbons (Fsp3) is 0.556. The van der Waals surface area contributed by atoms with Crippen molar-refractivity contribution >= 4 is 17.7 Å². The third kappa shape index (κ3) is 6.20. The van der Waals surface area contributed by atoms with Crippen LogP contribution in [0.5, 0.6) is 0 Å². The van der Waals surface area contributed by atoms with Gasteiger partial charge in [0.25, 0.3) is 0 Å². The Morgan fingerprint density at radius 2 is 1.79 bits per heavy atom. The number of hydrogen-bond donors (Lipinski definition) is 0. The van der Waals surface area contributed by atoms with Crippen molar-refractivity contribution in [1.82, 2.24) is 0 Å². The van der Waals surface area contributed by atoms with Gasteiger partial charge in [0.2, 0.25) is 0 Å². The normalized spacial score (nSPS) is 11.0. The van der Waals surface area contributed by atoms with Crippen molar-refractivity contribution in [1.29, 1.82) is 0 Å². The summed E-state index contributed by atoms with van der Waals surface area (Å²) in [6.45, 7) is 9.64. The van der Waals surface area contributed by atoms with Crippen molar-refractivity contribution in [2.45, 2.75) is 53.1 Å². The number of hydroxylamine groups is 1. The number of amides is 1. The number of para-hydroxylation sites is 1. The van der Waals surface area contributed by atoms with Gasteiger partial charge in [0.05, 0.1) is 24.5 Å². The summed E-state index contributed by atoms with van der Waals surface area (Å²) in [5.41, 5.74) is -0.120. The van der Waals surface area contributed by atoms with Crippen LogP contribution in [0, 0.1) is 0 Å². The summed E-state index contributed by atoms with van der Waals surface area (Å²) in [6, 6.07) is 6.64. The number of unbranched alkanes of at least 4 members (excludes halogenated alkanes) is 1. The number of nitrogens with zero attached hydrogens (tertiary/aromatic N) is 1. The lowest BCUT2D eigenvalue weighted by Gasteiger charge is -2.27. The Balaban J connectivity index is 3.14. The number of anilines is 1. The summed E-state index contributed by atoms with van der Waals surface area (Å²) < 4.78 is 10.4. The molecule has 1 amide bonds. The first-order chi connectivity index (χ1) is 11.3. The van der Waals surface area contributed by atoms with E-state index in [-0.39, 0.29) is 12.2 Å². The Bertz CT molecular complexity index is 551. The van der Waals surface area contributed by atoms with Crippen molar-refractivity contribution in [2.24, 2.45) is 0 Å². The first-order valence-corrected chi connectivity index (χ1v) is 8.22. The van der Waals surface area contributed by atoms with Crippen LogP contribution in [0.4, 0.5) is 10.5 Å². The van der Waals surface area contributed by atoms with Crippen molar-refractivity contribution < 1.29 is 23.9 Å². The van der Waals surface area contributed by atoms with Gasteiger partial charge in [-0.3, -0.25) is 4.84 Å². The average molecular weight is 337 g/mol. The van der Waals surface area contributed by atoms with Crippen molar-refractivity contribution in [2.75, 3.05) is 18.3 Å². The largest absolute Gasteiger partial charge is 0.462 e. The van der Waals surface area contributed by atoms with Gasteiger partial charge in [-0.2, -0.15) is 5.06 Å². The number of ether oxygens (including phenoxy) is 2. The van der Waals surface area contributed by atoms with Crippen LogP contribution in [-0.4, -0.2) is 30.9 Å². The quantitative estimate of drug-likeness (QED) is 0.421. The van der Waals surface area contributed by atoms with Gasteiger partial charge in [0.1, 0.15) is 5.60 Å². The molecule has 0 fully saturated rings. The number of benzene rings is 1. The van der Waals surface area contributed by atoms with Crippen LogP contribution in [0.2, 0.25) is 0 Å². The highest BCUT2D eigenvalue weighted by molar-refractivity contribution is 6.00. The third-order valence-corrected chi connectivity index (χ3v) is 2.90. The Morgan fingerprint density at radius 3 is 2.38 bits per heavy atom. The molecule has 0 spiro atoms. The zero-order chi connectivity index (χ0) is 18.2. The second-order valence-corrected chi connectivity index (χ2v) is 6.20. The van der Waals surface area contributed by atoms with Gasteiger partial charge in [-0.05, 0) is 46.2 Å².